The van der Waals surface area contributed by atoms with Gasteiger partial charge in [0, 0.05) is 5.92 Å². The number of aliphatic imine (C=N–C) groups is 1. The van der Waals surface area contributed by atoms with Crippen LogP contribution in [-0.2, 0) is 4.74 Å². The second-order valence-electron chi connectivity index (χ2n) is 3.16. The topological polar surface area (TPSA) is 47.6 Å². The first-order valence-corrected chi connectivity index (χ1v) is 4.14. The van der Waals surface area contributed by atoms with E-state index in [1.54, 1.807) is 0 Å². The smallest absolute Gasteiger partial charge is 0.186 e. The second kappa shape index (κ2) is 3.72. The van der Waals surface area contributed by atoms with Crippen molar-refractivity contribution in [3.63, 3.8) is 0 Å². The molecule has 0 aromatic carbocycles. The minimum Gasteiger partial charge on any atom is -0.479 e. The lowest BCUT2D eigenvalue weighted by molar-refractivity contribution is 0.298. The standard InChI is InChI=1S/C8H16N2O/c1-6(2)8-10-7(3-4-9)5-11-8/h6-7H,3-5,9H2,1-2H3. The molecule has 1 rings (SSSR count). The first kappa shape index (κ1) is 8.53. The van der Waals surface area contributed by atoms with E-state index in [0.717, 1.165) is 18.9 Å². The van der Waals surface area contributed by atoms with Crippen LogP contribution in [0.2, 0.25) is 0 Å². The molecule has 0 spiro atoms. The minimum atomic E-state index is 0.317. The maximum absolute atomic E-state index is 5.41. The van der Waals surface area contributed by atoms with Crippen LogP contribution in [0.1, 0.15) is 20.3 Å². The van der Waals surface area contributed by atoms with E-state index < -0.39 is 0 Å². The molecule has 0 bridgehead atoms. The Balaban J connectivity index is 2.41. The summed E-state index contributed by atoms with van der Waals surface area (Å²) in [6.45, 7) is 5.60. The molecule has 0 fully saturated rings. The molecule has 1 aliphatic rings. The SMILES string of the molecule is CC(C)C1=NC(CCN)CO1. The molecule has 0 saturated carbocycles. The highest BCUT2D eigenvalue weighted by atomic mass is 16.5. The van der Waals surface area contributed by atoms with Crippen LogP contribution in [0.5, 0.6) is 0 Å². The second-order valence-corrected chi connectivity index (χ2v) is 3.16. The predicted octanol–water partition coefficient (Wildman–Crippen LogP) is 0.789. The summed E-state index contributed by atoms with van der Waals surface area (Å²) in [5, 5.41) is 0. The summed E-state index contributed by atoms with van der Waals surface area (Å²) in [5.41, 5.74) is 5.41. The van der Waals surface area contributed by atoms with E-state index in [1.807, 2.05) is 0 Å². The van der Waals surface area contributed by atoms with Crippen LogP contribution < -0.4 is 5.73 Å². The minimum absolute atomic E-state index is 0.317. The number of nitrogens with zero attached hydrogens (tertiary/aromatic N) is 1. The van der Waals surface area contributed by atoms with E-state index in [4.69, 9.17) is 10.5 Å². The zero-order valence-electron chi connectivity index (χ0n) is 7.21. The Morgan fingerprint density at radius 1 is 1.73 bits per heavy atom. The third kappa shape index (κ3) is 2.19. The summed E-state index contributed by atoms with van der Waals surface area (Å²) in [6.07, 6.45) is 0.941. The number of rotatable bonds is 3. The Hall–Kier alpha value is -0.570. The van der Waals surface area contributed by atoms with Crippen LogP contribution in [0.15, 0.2) is 4.99 Å². The van der Waals surface area contributed by atoms with Gasteiger partial charge in [0.1, 0.15) is 6.61 Å². The average molecular weight is 156 g/mol. The largest absolute Gasteiger partial charge is 0.479 e. The highest BCUT2D eigenvalue weighted by molar-refractivity contribution is 5.79. The van der Waals surface area contributed by atoms with Crippen LogP contribution in [0, 0.1) is 5.92 Å². The average Bonchev–Trinajstić information content (AvgIpc) is 2.37. The number of nitrogens with two attached hydrogens (primary N) is 1. The highest BCUT2D eigenvalue weighted by Crippen LogP contribution is 2.12. The third-order valence-electron chi connectivity index (χ3n) is 1.73. The van der Waals surface area contributed by atoms with E-state index in [-0.39, 0.29) is 0 Å². The van der Waals surface area contributed by atoms with Gasteiger partial charge in [-0.05, 0) is 13.0 Å². The van der Waals surface area contributed by atoms with Gasteiger partial charge in [-0.25, -0.2) is 4.99 Å². The van der Waals surface area contributed by atoms with Gasteiger partial charge in [-0.3, -0.25) is 0 Å². The van der Waals surface area contributed by atoms with Crippen LogP contribution in [-0.4, -0.2) is 25.1 Å². The van der Waals surface area contributed by atoms with E-state index >= 15 is 0 Å². The molecule has 1 atom stereocenters. The molecular weight excluding hydrogens is 140 g/mol. The van der Waals surface area contributed by atoms with Crippen molar-refractivity contribution < 1.29 is 4.74 Å². The lowest BCUT2D eigenvalue weighted by atomic mass is 10.2. The molecule has 0 saturated heterocycles. The monoisotopic (exact) mass is 156 g/mol. The molecule has 2 N–H and O–H groups in total. The molecule has 1 unspecified atom stereocenters. The Bertz CT molecular complexity index is 154. The van der Waals surface area contributed by atoms with Gasteiger partial charge in [-0.2, -0.15) is 0 Å². The van der Waals surface area contributed by atoms with Gasteiger partial charge >= 0.3 is 0 Å². The Labute approximate surface area is 67.6 Å². The maximum Gasteiger partial charge on any atom is 0.186 e. The van der Waals surface area contributed by atoms with Crippen molar-refractivity contribution in [3.8, 4) is 0 Å². The van der Waals surface area contributed by atoms with Crippen LogP contribution >= 0.6 is 0 Å². The summed E-state index contributed by atoms with van der Waals surface area (Å²) in [6, 6.07) is 0.317. The highest BCUT2D eigenvalue weighted by Gasteiger charge is 2.19. The molecule has 0 aromatic rings. The Morgan fingerprint density at radius 2 is 2.45 bits per heavy atom. The van der Waals surface area contributed by atoms with Crippen molar-refractivity contribution in [2.45, 2.75) is 26.3 Å². The van der Waals surface area contributed by atoms with E-state index in [1.165, 1.54) is 0 Å². The summed E-state index contributed by atoms with van der Waals surface area (Å²) in [5.74, 6) is 1.31. The van der Waals surface area contributed by atoms with Gasteiger partial charge in [0.05, 0.1) is 6.04 Å². The molecular formula is C8H16N2O. The summed E-state index contributed by atoms with van der Waals surface area (Å²) < 4.78 is 5.37. The van der Waals surface area contributed by atoms with Gasteiger partial charge in [-0.1, -0.05) is 13.8 Å². The number of hydrogen-bond donors (Lipinski definition) is 1. The van der Waals surface area contributed by atoms with Gasteiger partial charge in [-0.15, -0.1) is 0 Å². The van der Waals surface area contributed by atoms with E-state index in [9.17, 15) is 0 Å². The first-order valence-electron chi connectivity index (χ1n) is 4.14. The predicted molar refractivity (Wildman–Crippen MR) is 45.7 cm³/mol. The van der Waals surface area contributed by atoms with E-state index in [2.05, 4.69) is 18.8 Å². The number of hydrogen-bond acceptors (Lipinski definition) is 3. The zero-order valence-corrected chi connectivity index (χ0v) is 7.21. The van der Waals surface area contributed by atoms with Gasteiger partial charge in [0.2, 0.25) is 0 Å². The van der Waals surface area contributed by atoms with E-state index in [0.29, 0.717) is 18.5 Å². The van der Waals surface area contributed by atoms with Gasteiger partial charge in [0.15, 0.2) is 5.90 Å². The molecule has 11 heavy (non-hydrogen) atoms. The van der Waals surface area contributed by atoms with Crippen molar-refractivity contribution in [1.29, 1.82) is 0 Å². The molecule has 0 amide bonds. The molecule has 1 aliphatic heterocycles. The van der Waals surface area contributed by atoms with Crippen LogP contribution in [0.3, 0.4) is 0 Å². The van der Waals surface area contributed by atoms with Crippen molar-refractivity contribution in [2.24, 2.45) is 16.6 Å². The summed E-state index contributed by atoms with van der Waals surface area (Å²) in [4.78, 5) is 4.39. The van der Waals surface area contributed by atoms with Crippen LogP contribution in [0.4, 0.5) is 0 Å². The zero-order chi connectivity index (χ0) is 8.27. The maximum atomic E-state index is 5.41. The van der Waals surface area contributed by atoms with Crippen molar-refractivity contribution >= 4 is 5.90 Å². The fourth-order valence-electron chi connectivity index (χ4n) is 1.09. The summed E-state index contributed by atoms with van der Waals surface area (Å²) in [7, 11) is 0. The number of ether oxygens (including phenoxy) is 1. The normalized spacial score (nSPS) is 23.6. The lowest BCUT2D eigenvalue weighted by Gasteiger charge is -2.02. The third-order valence-corrected chi connectivity index (χ3v) is 1.73. The molecule has 0 aromatic heterocycles. The Morgan fingerprint density at radius 3 is 2.91 bits per heavy atom. The molecule has 1 heterocycles. The molecule has 0 aliphatic carbocycles. The van der Waals surface area contributed by atoms with Crippen molar-refractivity contribution in [2.75, 3.05) is 13.2 Å². The lowest BCUT2D eigenvalue weighted by Crippen LogP contribution is -2.12. The molecule has 64 valence electrons. The van der Waals surface area contributed by atoms with Gasteiger partial charge in [0.25, 0.3) is 0 Å². The molecule has 3 nitrogen and oxygen atoms in total. The molecule has 3 heteroatoms. The Kier molecular flexibility index (Phi) is 2.88. The fraction of sp³-hybridized carbons (Fsp3) is 0.875. The van der Waals surface area contributed by atoms with Crippen molar-refractivity contribution in [3.05, 3.63) is 0 Å². The van der Waals surface area contributed by atoms with Gasteiger partial charge < -0.3 is 10.5 Å². The van der Waals surface area contributed by atoms with Crippen molar-refractivity contribution in [1.82, 2.24) is 0 Å². The fourth-order valence-corrected chi connectivity index (χ4v) is 1.09. The first-order chi connectivity index (χ1) is 5.24. The summed E-state index contributed by atoms with van der Waals surface area (Å²) >= 11 is 0. The quantitative estimate of drug-likeness (QED) is 0.656. The molecule has 0 radical (unpaired) electrons. The van der Waals surface area contributed by atoms with Crippen LogP contribution in [0.25, 0.3) is 0 Å².